The molecule has 7 nitrogen and oxygen atoms in total. The Balaban J connectivity index is 1.98. The largest absolute Gasteiger partial charge is 0.352 e. The van der Waals surface area contributed by atoms with Crippen LogP contribution in [0.4, 0.5) is 15.8 Å². The fourth-order valence-electron chi connectivity index (χ4n) is 2.98. The number of halogens is 2. The zero-order valence-electron chi connectivity index (χ0n) is 16.6. The van der Waals surface area contributed by atoms with E-state index in [2.05, 4.69) is 21.2 Å². The predicted molar refractivity (Wildman–Crippen MR) is 120 cm³/mol. The summed E-state index contributed by atoms with van der Waals surface area (Å²) in [6.45, 7) is 1.47. The molecule has 0 aliphatic rings. The van der Waals surface area contributed by atoms with Gasteiger partial charge in [-0.1, -0.05) is 46.3 Å². The minimum absolute atomic E-state index is 0.0248. The molecule has 31 heavy (non-hydrogen) atoms. The SMILES string of the molecule is Cc1c(Nc2ccc(Br)cc2F)c(C(=O)NS(=O)(=O)Cc2ccccc2)cn(C)c1=O. The maximum atomic E-state index is 14.3. The third kappa shape index (κ3) is 5.39. The van der Waals surface area contributed by atoms with Gasteiger partial charge in [-0.3, -0.25) is 9.59 Å². The molecule has 1 heterocycles. The molecule has 0 unspecified atom stereocenters. The molecule has 0 saturated heterocycles. The van der Waals surface area contributed by atoms with Crippen molar-refractivity contribution >= 4 is 43.2 Å². The van der Waals surface area contributed by atoms with Crippen LogP contribution in [0.5, 0.6) is 0 Å². The molecule has 0 fully saturated rings. The topological polar surface area (TPSA) is 97.3 Å². The Kier molecular flexibility index (Phi) is 6.61. The summed E-state index contributed by atoms with van der Waals surface area (Å²) in [5.74, 6) is -1.94. The second-order valence-corrected chi connectivity index (χ2v) is 9.52. The van der Waals surface area contributed by atoms with E-state index in [0.717, 1.165) is 4.57 Å². The number of anilines is 2. The van der Waals surface area contributed by atoms with E-state index in [4.69, 9.17) is 0 Å². The van der Waals surface area contributed by atoms with E-state index in [1.165, 1.54) is 32.3 Å². The molecule has 2 aromatic carbocycles. The minimum Gasteiger partial charge on any atom is -0.352 e. The number of hydrogen-bond donors (Lipinski definition) is 2. The fraction of sp³-hybridized carbons (Fsp3) is 0.143. The molecule has 0 saturated carbocycles. The smallest absolute Gasteiger partial charge is 0.268 e. The molecule has 0 bridgehead atoms. The molecule has 0 aliphatic heterocycles. The van der Waals surface area contributed by atoms with E-state index in [1.807, 2.05) is 4.72 Å². The van der Waals surface area contributed by atoms with Crippen molar-refractivity contribution in [3.63, 3.8) is 0 Å². The van der Waals surface area contributed by atoms with Gasteiger partial charge in [-0.05, 0) is 30.7 Å². The van der Waals surface area contributed by atoms with Gasteiger partial charge in [0.15, 0.2) is 0 Å². The summed E-state index contributed by atoms with van der Waals surface area (Å²) in [5, 5.41) is 2.76. The van der Waals surface area contributed by atoms with Gasteiger partial charge in [-0.2, -0.15) is 0 Å². The number of benzene rings is 2. The van der Waals surface area contributed by atoms with Crippen molar-refractivity contribution in [1.29, 1.82) is 0 Å². The monoisotopic (exact) mass is 507 g/mol. The second-order valence-electron chi connectivity index (χ2n) is 6.88. The van der Waals surface area contributed by atoms with E-state index in [0.29, 0.717) is 10.0 Å². The van der Waals surface area contributed by atoms with E-state index in [-0.39, 0.29) is 22.5 Å². The van der Waals surface area contributed by atoms with Crippen molar-refractivity contribution in [2.24, 2.45) is 7.05 Å². The highest BCUT2D eigenvalue weighted by Gasteiger charge is 2.23. The molecule has 2 N–H and O–H groups in total. The summed E-state index contributed by atoms with van der Waals surface area (Å²) >= 11 is 3.16. The lowest BCUT2D eigenvalue weighted by Gasteiger charge is -2.17. The molecule has 0 radical (unpaired) electrons. The second kappa shape index (κ2) is 9.03. The van der Waals surface area contributed by atoms with Gasteiger partial charge in [0.2, 0.25) is 10.0 Å². The molecule has 0 atom stereocenters. The Bertz CT molecular complexity index is 1310. The van der Waals surface area contributed by atoms with E-state index in [1.54, 1.807) is 36.4 Å². The lowest BCUT2D eigenvalue weighted by atomic mass is 10.1. The Morgan fingerprint density at radius 1 is 1.16 bits per heavy atom. The highest BCUT2D eigenvalue weighted by molar-refractivity contribution is 9.10. The third-order valence-electron chi connectivity index (χ3n) is 4.49. The van der Waals surface area contributed by atoms with Gasteiger partial charge in [-0.25, -0.2) is 17.5 Å². The number of aryl methyl sites for hydroxylation is 1. The number of hydrogen-bond acceptors (Lipinski definition) is 5. The number of carbonyl (C=O) groups is 1. The van der Waals surface area contributed by atoms with Crippen molar-refractivity contribution in [3.8, 4) is 0 Å². The Hall–Kier alpha value is -2.98. The highest BCUT2D eigenvalue weighted by Crippen LogP contribution is 2.27. The number of pyridine rings is 1. The summed E-state index contributed by atoms with van der Waals surface area (Å²) in [6, 6.07) is 12.6. The molecular formula is C21H19BrFN3O4S. The number of rotatable bonds is 6. The molecule has 1 amide bonds. The van der Waals surface area contributed by atoms with Crippen LogP contribution in [0.15, 0.2) is 64.0 Å². The van der Waals surface area contributed by atoms with Crippen LogP contribution in [0.3, 0.4) is 0 Å². The van der Waals surface area contributed by atoms with Crippen molar-refractivity contribution in [2.45, 2.75) is 12.7 Å². The summed E-state index contributed by atoms with van der Waals surface area (Å²) in [7, 11) is -2.58. The van der Waals surface area contributed by atoms with Gasteiger partial charge in [0.05, 0.1) is 22.7 Å². The van der Waals surface area contributed by atoms with Crippen molar-refractivity contribution in [2.75, 3.05) is 5.32 Å². The maximum absolute atomic E-state index is 14.3. The Morgan fingerprint density at radius 3 is 2.48 bits per heavy atom. The normalized spacial score (nSPS) is 11.2. The highest BCUT2D eigenvalue weighted by atomic mass is 79.9. The first-order chi connectivity index (χ1) is 14.6. The van der Waals surface area contributed by atoms with E-state index < -0.39 is 33.1 Å². The quantitative estimate of drug-likeness (QED) is 0.531. The zero-order chi connectivity index (χ0) is 22.8. The average Bonchev–Trinajstić information content (AvgIpc) is 2.69. The van der Waals surface area contributed by atoms with Crippen LogP contribution in [0.2, 0.25) is 0 Å². The molecule has 0 spiro atoms. The van der Waals surface area contributed by atoms with E-state index >= 15 is 0 Å². The van der Waals surface area contributed by atoms with Gasteiger partial charge in [0.1, 0.15) is 5.82 Å². The third-order valence-corrected chi connectivity index (χ3v) is 6.19. The van der Waals surface area contributed by atoms with Gasteiger partial charge in [0, 0.05) is 23.3 Å². The fourth-order valence-corrected chi connectivity index (χ4v) is 4.40. The van der Waals surface area contributed by atoms with Crippen LogP contribution >= 0.6 is 15.9 Å². The minimum atomic E-state index is -4.02. The van der Waals surface area contributed by atoms with Gasteiger partial charge in [0.25, 0.3) is 11.5 Å². The van der Waals surface area contributed by atoms with Crippen LogP contribution in [0, 0.1) is 12.7 Å². The van der Waals surface area contributed by atoms with Crippen LogP contribution in [0.1, 0.15) is 21.5 Å². The lowest BCUT2D eigenvalue weighted by Crippen LogP contribution is -2.34. The predicted octanol–water partition coefficient (Wildman–Crippen LogP) is 3.60. The van der Waals surface area contributed by atoms with Crippen molar-refractivity contribution < 1.29 is 17.6 Å². The Morgan fingerprint density at radius 2 is 1.84 bits per heavy atom. The van der Waals surface area contributed by atoms with E-state index in [9.17, 15) is 22.4 Å². The molecule has 0 aliphatic carbocycles. The molecule has 1 aromatic heterocycles. The van der Waals surface area contributed by atoms with Crippen LogP contribution in [0.25, 0.3) is 0 Å². The molecule has 162 valence electrons. The van der Waals surface area contributed by atoms with Crippen molar-refractivity contribution in [3.05, 3.63) is 92.1 Å². The number of aromatic nitrogens is 1. The average molecular weight is 508 g/mol. The number of sulfonamides is 1. The summed E-state index contributed by atoms with van der Waals surface area (Å²) in [5.41, 5.74) is 0.174. The van der Waals surface area contributed by atoms with Crippen LogP contribution in [-0.4, -0.2) is 18.9 Å². The first-order valence-corrected chi connectivity index (χ1v) is 11.5. The van der Waals surface area contributed by atoms with Gasteiger partial charge in [-0.15, -0.1) is 0 Å². The first kappa shape index (κ1) is 22.7. The maximum Gasteiger partial charge on any atom is 0.268 e. The first-order valence-electron chi connectivity index (χ1n) is 9.08. The number of nitrogens with zero attached hydrogens (tertiary/aromatic N) is 1. The zero-order valence-corrected chi connectivity index (χ0v) is 19.1. The van der Waals surface area contributed by atoms with Crippen LogP contribution in [-0.2, 0) is 22.8 Å². The lowest BCUT2D eigenvalue weighted by molar-refractivity contribution is 0.0981. The summed E-state index contributed by atoms with van der Waals surface area (Å²) < 4.78 is 43.0. The number of nitrogens with one attached hydrogen (secondary N) is 2. The standard InChI is InChI=1S/C21H19BrFN3O4S/c1-13-19(24-18-9-8-15(22)10-17(18)23)16(11-26(2)21(13)28)20(27)25-31(29,30)12-14-6-4-3-5-7-14/h3-11,24H,12H2,1-2H3,(H,25,27). The van der Waals surface area contributed by atoms with Gasteiger partial charge >= 0.3 is 0 Å². The summed E-state index contributed by atoms with van der Waals surface area (Å²) in [6.07, 6.45) is 1.21. The number of carbonyl (C=O) groups excluding carboxylic acids is 1. The molecular weight excluding hydrogens is 489 g/mol. The molecule has 3 aromatic rings. The molecule has 10 heteroatoms. The number of amides is 1. The molecule has 3 rings (SSSR count). The van der Waals surface area contributed by atoms with Crippen molar-refractivity contribution in [1.82, 2.24) is 9.29 Å². The Labute approximate surface area is 187 Å². The van der Waals surface area contributed by atoms with Crippen LogP contribution < -0.4 is 15.6 Å². The summed E-state index contributed by atoms with van der Waals surface area (Å²) in [4.78, 5) is 25.3. The van der Waals surface area contributed by atoms with Gasteiger partial charge < -0.3 is 9.88 Å².